The fourth-order valence-electron chi connectivity index (χ4n) is 2.32. The molecule has 3 aromatic carbocycles. The van der Waals surface area contributed by atoms with E-state index in [1.165, 1.54) is 12.1 Å². The Balaban J connectivity index is 0.00000261. The van der Waals surface area contributed by atoms with Crippen LogP contribution >= 0.6 is 0 Å². The van der Waals surface area contributed by atoms with Crippen LogP contribution in [0.2, 0.25) is 0 Å². The van der Waals surface area contributed by atoms with Crippen LogP contribution in [-0.4, -0.2) is 22.2 Å². The molecule has 137 valence electrons. The first-order chi connectivity index (χ1) is 12.5. The molecule has 0 saturated heterocycles. The predicted molar refractivity (Wildman–Crippen MR) is 93.4 cm³/mol. The van der Waals surface area contributed by atoms with E-state index >= 15 is 0 Å². The molecule has 3 aromatic rings. The molecule has 1 radical (unpaired) electrons. The van der Waals surface area contributed by atoms with Crippen molar-refractivity contribution in [3.05, 3.63) is 83.9 Å². The number of carboxylic acid groups (broad SMARTS) is 2. The second-order valence-corrected chi connectivity index (χ2v) is 5.28. The molecule has 0 heterocycles. The third kappa shape index (κ3) is 4.88. The summed E-state index contributed by atoms with van der Waals surface area (Å²) in [6, 6.07) is 19.1. The number of benzene rings is 3. The van der Waals surface area contributed by atoms with Gasteiger partial charge < -0.3 is 19.7 Å². The molecule has 0 fully saturated rings. The van der Waals surface area contributed by atoms with Crippen LogP contribution in [0.15, 0.2) is 72.8 Å². The maximum Gasteiger partial charge on any atom is 0.339 e. The number of aromatic carboxylic acids is 2. The maximum absolute atomic E-state index is 11.3. The van der Waals surface area contributed by atoms with Crippen molar-refractivity contribution in [3.8, 4) is 23.0 Å². The Labute approximate surface area is 165 Å². The second kappa shape index (κ2) is 8.89. The molecule has 0 bridgehead atoms. The summed E-state index contributed by atoms with van der Waals surface area (Å²) in [5.74, 6) is -1.06. The van der Waals surface area contributed by atoms with Crippen molar-refractivity contribution < 1.29 is 46.3 Å². The van der Waals surface area contributed by atoms with Crippen LogP contribution in [-0.2, 0) is 17.1 Å². The SMILES string of the molecule is O=C(O)c1ccccc1Oc1cccc(Oc2ccccc2C(=O)O)c1.[Mn]. The number of hydrogen-bond acceptors (Lipinski definition) is 4. The van der Waals surface area contributed by atoms with Gasteiger partial charge in [-0.1, -0.05) is 30.3 Å². The number of rotatable bonds is 6. The quantitative estimate of drug-likeness (QED) is 0.580. The average Bonchev–Trinajstić information content (AvgIpc) is 2.62. The van der Waals surface area contributed by atoms with E-state index in [2.05, 4.69) is 0 Å². The van der Waals surface area contributed by atoms with Gasteiger partial charge in [-0.15, -0.1) is 0 Å². The van der Waals surface area contributed by atoms with Gasteiger partial charge in [0.2, 0.25) is 0 Å². The molecule has 0 aliphatic carbocycles. The molecular formula is C20H14MnO6. The van der Waals surface area contributed by atoms with Gasteiger partial charge in [0.1, 0.15) is 34.1 Å². The Hall–Kier alpha value is -3.28. The molecule has 0 saturated carbocycles. The summed E-state index contributed by atoms with van der Waals surface area (Å²) < 4.78 is 11.3. The van der Waals surface area contributed by atoms with E-state index in [4.69, 9.17) is 9.47 Å². The average molecular weight is 405 g/mol. The minimum absolute atomic E-state index is 0. The molecule has 0 amide bonds. The Kier molecular flexibility index (Phi) is 6.60. The normalized spacial score (nSPS) is 9.78. The van der Waals surface area contributed by atoms with E-state index in [1.54, 1.807) is 60.7 Å². The summed E-state index contributed by atoms with van der Waals surface area (Å²) in [6.45, 7) is 0. The largest absolute Gasteiger partial charge is 0.478 e. The minimum atomic E-state index is -1.09. The van der Waals surface area contributed by atoms with E-state index in [-0.39, 0.29) is 39.7 Å². The Bertz CT molecular complexity index is 895. The van der Waals surface area contributed by atoms with Crippen molar-refractivity contribution in [2.24, 2.45) is 0 Å². The molecule has 6 nitrogen and oxygen atoms in total. The van der Waals surface area contributed by atoms with Crippen molar-refractivity contribution in [3.63, 3.8) is 0 Å². The molecule has 0 unspecified atom stereocenters. The predicted octanol–water partition coefficient (Wildman–Crippen LogP) is 4.67. The summed E-state index contributed by atoms with van der Waals surface area (Å²) in [6.07, 6.45) is 0. The Morgan fingerprint density at radius 2 is 1.04 bits per heavy atom. The number of ether oxygens (including phenoxy) is 2. The summed E-state index contributed by atoms with van der Waals surface area (Å²) in [5.41, 5.74) is 0.0742. The smallest absolute Gasteiger partial charge is 0.339 e. The maximum atomic E-state index is 11.3. The first-order valence-corrected chi connectivity index (χ1v) is 7.65. The van der Waals surface area contributed by atoms with E-state index < -0.39 is 11.9 Å². The van der Waals surface area contributed by atoms with Gasteiger partial charge in [-0.05, 0) is 36.4 Å². The molecule has 3 rings (SSSR count). The summed E-state index contributed by atoms with van der Waals surface area (Å²) >= 11 is 0. The molecule has 0 aromatic heterocycles. The molecular weight excluding hydrogens is 391 g/mol. The molecule has 27 heavy (non-hydrogen) atoms. The zero-order chi connectivity index (χ0) is 18.5. The van der Waals surface area contributed by atoms with Crippen molar-refractivity contribution in [1.82, 2.24) is 0 Å². The molecule has 0 aliphatic heterocycles. The zero-order valence-corrected chi connectivity index (χ0v) is 15.0. The van der Waals surface area contributed by atoms with Crippen LogP contribution in [0.4, 0.5) is 0 Å². The Morgan fingerprint density at radius 1 is 0.630 bits per heavy atom. The van der Waals surface area contributed by atoms with E-state index in [9.17, 15) is 19.8 Å². The van der Waals surface area contributed by atoms with Gasteiger partial charge in [-0.3, -0.25) is 0 Å². The minimum Gasteiger partial charge on any atom is -0.478 e. The monoisotopic (exact) mass is 405 g/mol. The standard InChI is InChI=1S/C20H14O6.Mn/c21-19(22)15-8-1-3-10-17(15)25-13-6-5-7-14(12-13)26-18-11-4-2-9-16(18)20(23)24;/h1-12H,(H,21,22)(H,23,24);. The van der Waals surface area contributed by atoms with Gasteiger partial charge in [0.15, 0.2) is 0 Å². The summed E-state index contributed by atoms with van der Waals surface area (Å²) in [7, 11) is 0. The van der Waals surface area contributed by atoms with Crippen LogP contribution in [0, 0.1) is 0 Å². The fraction of sp³-hybridized carbons (Fsp3) is 0. The molecule has 0 spiro atoms. The first kappa shape index (κ1) is 20.0. The number of hydrogen-bond donors (Lipinski definition) is 2. The van der Waals surface area contributed by atoms with E-state index in [0.717, 1.165) is 0 Å². The third-order valence-electron chi connectivity index (χ3n) is 3.50. The molecule has 0 atom stereocenters. The van der Waals surface area contributed by atoms with Crippen LogP contribution < -0.4 is 9.47 Å². The van der Waals surface area contributed by atoms with Crippen LogP contribution in [0.3, 0.4) is 0 Å². The zero-order valence-electron chi connectivity index (χ0n) is 13.8. The van der Waals surface area contributed by atoms with E-state index in [0.29, 0.717) is 11.5 Å². The molecule has 7 heteroatoms. The Morgan fingerprint density at radius 3 is 1.44 bits per heavy atom. The second-order valence-electron chi connectivity index (χ2n) is 5.28. The molecule has 0 aliphatic rings. The van der Waals surface area contributed by atoms with Gasteiger partial charge in [0.05, 0.1) is 0 Å². The number of para-hydroxylation sites is 2. The first-order valence-electron chi connectivity index (χ1n) is 7.65. The van der Waals surface area contributed by atoms with Crippen molar-refractivity contribution in [1.29, 1.82) is 0 Å². The van der Waals surface area contributed by atoms with Crippen LogP contribution in [0.5, 0.6) is 23.0 Å². The summed E-state index contributed by atoms with van der Waals surface area (Å²) in [5, 5.41) is 18.4. The van der Waals surface area contributed by atoms with Crippen molar-refractivity contribution in [2.45, 2.75) is 0 Å². The number of carboxylic acids is 2. The van der Waals surface area contributed by atoms with Gasteiger partial charge in [-0.2, -0.15) is 0 Å². The topological polar surface area (TPSA) is 93.1 Å². The van der Waals surface area contributed by atoms with Crippen LogP contribution in [0.1, 0.15) is 20.7 Å². The van der Waals surface area contributed by atoms with Gasteiger partial charge in [0.25, 0.3) is 0 Å². The van der Waals surface area contributed by atoms with Crippen molar-refractivity contribution >= 4 is 11.9 Å². The van der Waals surface area contributed by atoms with Gasteiger partial charge >= 0.3 is 11.9 Å². The van der Waals surface area contributed by atoms with Crippen LogP contribution in [0.25, 0.3) is 0 Å². The van der Waals surface area contributed by atoms with E-state index in [1.807, 2.05) is 0 Å². The fourth-order valence-corrected chi connectivity index (χ4v) is 2.32. The van der Waals surface area contributed by atoms with Gasteiger partial charge in [0, 0.05) is 23.1 Å². The van der Waals surface area contributed by atoms with Gasteiger partial charge in [-0.25, -0.2) is 9.59 Å². The third-order valence-corrected chi connectivity index (χ3v) is 3.50. The molecule has 2 N–H and O–H groups in total. The van der Waals surface area contributed by atoms with Crippen molar-refractivity contribution in [2.75, 3.05) is 0 Å². The summed E-state index contributed by atoms with van der Waals surface area (Å²) in [4.78, 5) is 22.5. The number of carbonyl (C=O) groups is 2.